The van der Waals surface area contributed by atoms with E-state index in [1.165, 1.54) is 29.6 Å². The Labute approximate surface area is 170 Å². The van der Waals surface area contributed by atoms with Crippen LogP contribution in [0.5, 0.6) is 11.5 Å². The summed E-state index contributed by atoms with van der Waals surface area (Å²) in [5.74, 6) is 0.575. The minimum atomic E-state index is -3.92. The molecule has 0 heterocycles. The van der Waals surface area contributed by atoms with Crippen LogP contribution in [-0.2, 0) is 26.4 Å². The topological polar surface area (TPSA) is 61.8 Å². The van der Waals surface area contributed by atoms with E-state index in [-0.39, 0.29) is 10.6 Å². The molecule has 2 unspecified atom stereocenters. The highest BCUT2D eigenvalue weighted by Crippen LogP contribution is 2.62. The van der Waals surface area contributed by atoms with Crippen molar-refractivity contribution < 1.29 is 21.6 Å². The lowest BCUT2D eigenvalue weighted by molar-refractivity contribution is 0.344. The summed E-state index contributed by atoms with van der Waals surface area (Å²) in [5.41, 5.74) is -2.60. The molecule has 0 fully saturated rings. The minimum Gasteiger partial charge on any atom is -0.436 e. The fraction of sp³-hybridized carbons (Fsp3) is 0.333. The van der Waals surface area contributed by atoms with Crippen LogP contribution in [0.2, 0.25) is 0 Å². The molecule has 0 spiro atoms. The maximum atomic E-state index is 12.4. The van der Waals surface area contributed by atoms with Crippen LogP contribution in [0.3, 0.4) is 0 Å². The van der Waals surface area contributed by atoms with E-state index in [2.05, 4.69) is 13.8 Å². The van der Waals surface area contributed by atoms with Crippen molar-refractivity contribution in [3.63, 3.8) is 0 Å². The third kappa shape index (κ3) is 6.80. The van der Waals surface area contributed by atoms with Gasteiger partial charge in [-0.25, -0.2) is 0 Å². The smallest absolute Gasteiger partial charge is 0.339 e. The number of benzene rings is 2. The van der Waals surface area contributed by atoms with Gasteiger partial charge >= 0.3 is 10.1 Å². The van der Waals surface area contributed by atoms with Crippen LogP contribution in [0.15, 0.2) is 59.5 Å². The largest absolute Gasteiger partial charge is 0.436 e. The quantitative estimate of drug-likeness (QED) is 0.346. The average molecular weight is 447 g/mol. The van der Waals surface area contributed by atoms with Gasteiger partial charge in [-0.15, -0.1) is 0 Å². The third-order valence-corrected chi connectivity index (χ3v) is 10.4. The molecule has 0 aliphatic heterocycles. The molecule has 0 N–H and O–H groups in total. The molecule has 0 aliphatic carbocycles. The highest BCUT2D eigenvalue weighted by Gasteiger charge is 2.25. The normalized spacial score (nSPS) is 14.9. The Balaban J connectivity index is 2.20. The van der Waals surface area contributed by atoms with Gasteiger partial charge in [-0.05, 0) is 49.4 Å². The molecule has 148 valence electrons. The first kappa shape index (κ1) is 22.2. The Morgan fingerprint density at radius 3 is 2.37 bits per heavy atom. The SMILES string of the molecule is CCOP(=S)(Oc1cccc(OS(=O)(=O)c2ccccc2)c1)SC(C)CC. The lowest BCUT2D eigenvalue weighted by Crippen LogP contribution is -2.09. The van der Waals surface area contributed by atoms with E-state index in [0.29, 0.717) is 17.6 Å². The van der Waals surface area contributed by atoms with E-state index in [1.807, 2.05) is 6.92 Å². The summed E-state index contributed by atoms with van der Waals surface area (Å²) in [7, 11) is -3.92. The maximum Gasteiger partial charge on any atom is 0.339 e. The fourth-order valence-electron chi connectivity index (χ4n) is 2.01. The number of hydrogen-bond donors (Lipinski definition) is 0. The molecule has 0 amide bonds. The Bertz CT molecular complexity index is 887. The first-order chi connectivity index (χ1) is 12.8. The predicted molar refractivity (Wildman–Crippen MR) is 115 cm³/mol. The van der Waals surface area contributed by atoms with E-state index < -0.39 is 15.8 Å². The van der Waals surface area contributed by atoms with Gasteiger partial charge in [0.25, 0.3) is 5.69 Å². The molecule has 27 heavy (non-hydrogen) atoms. The van der Waals surface area contributed by atoms with Crippen LogP contribution in [0, 0.1) is 0 Å². The summed E-state index contributed by atoms with van der Waals surface area (Å²) in [4.78, 5) is 0.0862. The second-order valence-corrected chi connectivity index (χ2v) is 13.7. The van der Waals surface area contributed by atoms with Crippen molar-refractivity contribution in [3.8, 4) is 11.5 Å². The lowest BCUT2D eigenvalue weighted by Gasteiger charge is -2.24. The van der Waals surface area contributed by atoms with Crippen molar-refractivity contribution in [2.75, 3.05) is 6.61 Å². The summed E-state index contributed by atoms with van der Waals surface area (Å²) in [6.07, 6.45) is 0.942. The van der Waals surface area contributed by atoms with Gasteiger partial charge in [-0.3, -0.25) is 0 Å². The van der Waals surface area contributed by atoms with E-state index in [9.17, 15) is 8.42 Å². The fourth-order valence-corrected chi connectivity index (χ4v) is 8.94. The van der Waals surface area contributed by atoms with Crippen LogP contribution in [0.25, 0.3) is 0 Å². The zero-order chi connectivity index (χ0) is 19.9. The minimum absolute atomic E-state index is 0.0862. The maximum absolute atomic E-state index is 12.4. The molecule has 2 rings (SSSR count). The molecule has 0 radical (unpaired) electrons. The van der Waals surface area contributed by atoms with E-state index in [1.54, 1.807) is 36.4 Å². The molecular formula is C18H23O5PS3. The molecule has 9 heteroatoms. The van der Waals surface area contributed by atoms with Crippen LogP contribution >= 0.6 is 17.1 Å². The van der Waals surface area contributed by atoms with Gasteiger partial charge in [0.15, 0.2) is 0 Å². The van der Waals surface area contributed by atoms with Crippen molar-refractivity contribution in [2.45, 2.75) is 37.3 Å². The number of hydrogen-bond acceptors (Lipinski definition) is 7. The molecule has 0 saturated heterocycles. The summed E-state index contributed by atoms with van der Waals surface area (Å²) in [5, 5.41) is 0.292. The highest BCUT2D eigenvalue weighted by molar-refractivity contribution is 8.68. The van der Waals surface area contributed by atoms with Crippen LogP contribution in [-0.4, -0.2) is 20.3 Å². The summed E-state index contributed by atoms with van der Waals surface area (Å²) in [6.45, 7) is 6.46. The second-order valence-electron chi connectivity index (χ2n) is 5.61. The van der Waals surface area contributed by atoms with E-state index >= 15 is 0 Å². The second kappa shape index (κ2) is 9.94. The van der Waals surface area contributed by atoms with Crippen LogP contribution in [0.4, 0.5) is 0 Å². The Morgan fingerprint density at radius 1 is 1.07 bits per heavy atom. The molecule has 0 saturated carbocycles. The number of rotatable bonds is 10. The van der Waals surface area contributed by atoms with Crippen molar-refractivity contribution in [1.82, 2.24) is 0 Å². The molecule has 0 bridgehead atoms. The van der Waals surface area contributed by atoms with Gasteiger partial charge in [0, 0.05) is 11.3 Å². The first-order valence-corrected chi connectivity index (χ1v) is 14.0. The van der Waals surface area contributed by atoms with Crippen molar-refractivity contribution >= 4 is 39.0 Å². The zero-order valence-corrected chi connectivity index (χ0v) is 18.7. The average Bonchev–Trinajstić information content (AvgIpc) is 2.62. The van der Waals surface area contributed by atoms with Crippen molar-refractivity contribution in [1.29, 1.82) is 0 Å². The molecule has 0 aliphatic rings. The van der Waals surface area contributed by atoms with E-state index in [4.69, 9.17) is 25.0 Å². The molecule has 5 nitrogen and oxygen atoms in total. The first-order valence-electron chi connectivity index (χ1n) is 8.50. The van der Waals surface area contributed by atoms with Crippen LogP contribution < -0.4 is 8.71 Å². The lowest BCUT2D eigenvalue weighted by atomic mass is 10.3. The Kier molecular flexibility index (Phi) is 8.19. The van der Waals surface area contributed by atoms with Gasteiger partial charge in [0.05, 0.1) is 6.61 Å². The van der Waals surface area contributed by atoms with Gasteiger partial charge < -0.3 is 13.2 Å². The summed E-state index contributed by atoms with van der Waals surface area (Å²) >= 11 is 7.13. The summed E-state index contributed by atoms with van der Waals surface area (Å²) in [6, 6.07) is 14.4. The molecule has 2 aromatic carbocycles. The monoisotopic (exact) mass is 446 g/mol. The molecule has 2 aromatic rings. The van der Waals surface area contributed by atoms with Crippen LogP contribution in [0.1, 0.15) is 27.2 Å². The van der Waals surface area contributed by atoms with E-state index in [0.717, 1.165) is 6.42 Å². The third-order valence-electron chi connectivity index (χ3n) is 3.43. The zero-order valence-electron chi connectivity index (χ0n) is 15.4. The Hall–Kier alpha value is -1.05. The van der Waals surface area contributed by atoms with Gasteiger partial charge in [-0.1, -0.05) is 49.5 Å². The summed E-state index contributed by atoms with van der Waals surface area (Å²) < 4.78 is 41.7. The van der Waals surface area contributed by atoms with Crippen molar-refractivity contribution in [3.05, 3.63) is 54.6 Å². The molecular weight excluding hydrogens is 423 g/mol. The van der Waals surface area contributed by atoms with Gasteiger partial charge in [-0.2, -0.15) is 8.42 Å². The highest BCUT2D eigenvalue weighted by atomic mass is 32.9. The standard InChI is InChI=1S/C18H23O5PS3/c1-4-15(3)26-24(25,21-5-2)22-16-10-9-11-17(14-16)23-27(19,20)18-12-7-6-8-13-18/h6-15H,4-5H2,1-3H3. The molecule has 2 atom stereocenters. The van der Waals surface area contributed by atoms with Gasteiger partial charge in [0.2, 0.25) is 0 Å². The predicted octanol–water partition coefficient (Wildman–Crippen LogP) is 5.63. The molecule has 0 aromatic heterocycles. The van der Waals surface area contributed by atoms with Gasteiger partial charge in [0.1, 0.15) is 16.4 Å². The van der Waals surface area contributed by atoms with Crippen molar-refractivity contribution in [2.24, 2.45) is 0 Å². The Morgan fingerprint density at radius 2 is 1.74 bits per heavy atom.